The van der Waals surface area contributed by atoms with Gasteiger partial charge in [-0.05, 0) is 44.9 Å². The number of benzene rings is 1. The predicted octanol–water partition coefficient (Wildman–Crippen LogP) is 4.36. The highest BCUT2D eigenvalue weighted by atomic mass is 16.1. The van der Waals surface area contributed by atoms with Crippen LogP contribution >= 0.6 is 0 Å². The molecule has 146 valence electrons. The summed E-state index contributed by atoms with van der Waals surface area (Å²) in [6.45, 7) is 2.63. The summed E-state index contributed by atoms with van der Waals surface area (Å²) >= 11 is 0. The molecule has 1 amide bonds. The minimum atomic E-state index is -0.114. The molecule has 1 aliphatic carbocycles. The number of nitrogens with one attached hydrogen (secondary N) is 1. The molecule has 0 bridgehead atoms. The van der Waals surface area contributed by atoms with Gasteiger partial charge in [-0.15, -0.1) is 0 Å². The van der Waals surface area contributed by atoms with Crippen LogP contribution in [0.4, 0.5) is 5.82 Å². The first kappa shape index (κ1) is 18.7. The fourth-order valence-corrected chi connectivity index (χ4v) is 3.93. The van der Waals surface area contributed by atoms with Crippen molar-refractivity contribution in [3.63, 3.8) is 0 Å². The Morgan fingerprint density at radius 3 is 2.61 bits per heavy atom. The van der Waals surface area contributed by atoms with E-state index in [1.54, 1.807) is 0 Å². The summed E-state index contributed by atoms with van der Waals surface area (Å²) in [6.07, 6.45) is 10.5. The van der Waals surface area contributed by atoms with Crippen LogP contribution in [0.1, 0.15) is 55.4 Å². The molecule has 0 unspecified atom stereocenters. The highest BCUT2D eigenvalue weighted by Crippen LogP contribution is 2.23. The van der Waals surface area contributed by atoms with E-state index in [1.807, 2.05) is 36.4 Å². The van der Waals surface area contributed by atoms with E-state index >= 15 is 0 Å². The van der Waals surface area contributed by atoms with Gasteiger partial charge < -0.3 is 10.2 Å². The van der Waals surface area contributed by atoms with Crippen LogP contribution in [0.3, 0.4) is 0 Å². The number of allylic oxidation sites excluding steroid dienone is 1. The molecule has 1 aromatic carbocycles. The van der Waals surface area contributed by atoms with Gasteiger partial charge in [0.15, 0.2) is 5.82 Å². The van der Waals surface area contributed by atoms with Gasteiger partial charge in [-0.1, -0.05) is 42.0 Å². The fraction of sp³-hybridized carbons (Fsp3) is 0.435. The zero-order chi connectivity index (χ0) is 19.2. The number of aromatic nitrogens is 2. The van der Waals surface area contributed by atoms with E-state index in [0.29, 0.717) is 18.1 Å². The fourth-order valence-electron chi connectivity index (χ4n) is 3.93. The Morgan fingerprint density at radius 1 is 1.04 bits per heavy atom. The number of nitrogens with zero attached hydrogens (tertiary/aromatic N) is 3. The Hall–Kier alpha value is -2.69. The predicted molar refractivity (Wildman–Crippen MR) is 112 cm³/mol. The van der Waals surface area contributed by atoms with Crippen LogP contribution in [0.2, 0.25) is 0 Å². The van der Waals surface area contributed by atoms with Crippen molar-refractivity contribution in [3.8, 4) is 11.4 Å². The number of hydrogen-bond acceptors (Lipinski definition) is 4. The summed E-state index contributed by atoms with van der Waals surface area (Å²) in [5.41, 5.74) is 2.86. The normalized spacial score (nSPS) is 16.7. The Morgan fingerprint density at radius 2 is 1.86 bits per heavy atom. The number of carbonyl (C=O) groups excluding carboxylic acids is 1. The van der Waals surface area contributed by atoms with E-state index in [2.05, 4.69) is 21.3 Å². The minimum absolute atomic E-state index is 0.114. The molecule has 1 N–H and O–H groups in total. The molecule has 1 fully saturated rings. The summed E-state index contributed by atoms with van der Waals surface area (Å²) in [4.78, 5) is 24.4. The number of amides is 1. The monoisotopic (exact) mass is 376 g/mol. The summed E-state index contributed by atoms with van der Waals surface area (Å²) in [7, 11) is 0. The molecule has 1 aromatic heterocycles. The smallest absolute Gasteiger partial charge is 0.270 e. The van der Waals surface area contributed by atoms with Crippen LogP contribution in [0, 0.1) is 0 Å². The molecule has 0 saturated carbocycles. The van der Waals surface area contributed by atoms with Crippen molar-refractivity contribution in [1.82, 2.24) is 15.3 Å². The first-order valence-electron chi connectivity index (χ1n) is 10.5. The van der Waals surface area contributed by atoms with E-state index < -0.39 is 0 Å². The van der Waals surface area contributed by atoms with Crippen molar-refractivity contribution in [2.45, 2.75) is 44.9 Å². The average molecular weight is 377 g/mol. The van der Waals surface area contributed by atoms with Gasteiger partial charge in [0.2, 0.25) is 0 Å². The van der Waals surface area contributed by atoms with Gasteiger partial charge in [0.25, 0.3) is 5.91 Å². The number of carbonyl (C=O) groups is 1. The number of rotatable bonds is 6. The summed E-state index contributed by atoms with van der Waals surface area (Å²) < 4.78 is 0. The van der Waals surface area contributed by atoms with Gasteiger partial charge in [0.1, 0.15) is 11.5 Å². The largest absolute Gasteiger partial charge is 0.356 e. The summed E-state index contributed by atoms with van der Waals surface area (Å²) in [5, 5.41) is 3.05. The van der Waals surface area contributed by atoms with Crippen LogP contribution in [0.25, 0.3) is 11.4 Å². The molecule has 1 saturated heterocycles. The Labute approximate surface area is 166 Å². The topological polar surface area (TPSA) is 58.1 Å². The van der Waals surface area contributed by atoms with Crippen LogP contribution in [0.15, 0.2) is 48.0 Å². The maximum Gasteiger partial charge on any atom is 0.270 e. The van der Waals surface area contributed by atoms with Crippen molar-refractivity contribution in [2.24, 2.45) is 0 Å². The first-order chi connectivity index (χ1) is 13.8. The second kappa shape index (κ2) is 9.00. The number of hydrogen-bond donors (Lipinski definition) is 1. The standard InChI is InChI=1S/C23H28N4O/c28-23(24-14-13-18-9-3-1-4-10-18)20-17-21(27-15-7-8-16-27)26-22(25-20)19-11-5-2-6-12-19/h2,5-6,9,11-12,17H,1,3-4,7-8,10,13-16H2,(H,24,28). The van der Waals surface area contributed by atoms with Gasteiger partial charge in [0, 0.05) is 31.3 Å². The highest BCUT2D eigenvalue weighted by molar-refractivity contribution is 5.93. The first-order valence-corrected chi connectivity index (χ1v) is 10.5. The number of anilines is 1. The van der Waals surface area contributed by atoms with Gasteiger partial charge in [-0.3, -0.25) is 4.79 Å². The second-order valence-electron chi connectivity index (χ2n) is 7.61. The maximum atomic E-state index is 12.8. The minimum Gasteiger partial charge on any atom is -0.356 e. The molecular formula is C23H28N4O. The lowest BCUT2D eigenvalue weighted by atomic mass is 9.97. The molecule has 0 radical (unpaired) electrons. The Kier molecular flexibility index (Phi) is 6.00. The van der Waals surface area contributed by atoms with Gasteiger partial charge in [-0.2, -0.15) is 0 Å². The lowest BCUT2D eigenvalue weighted by molar-refractivity contribution is 0.0949. The van der Waals surface area contributed by atoms with Gasteiger partial charge >= 0.3 is 0 Å². The van der Waals surface area contributed by atoms with E-state index in [4.69, 9.17) is 4.98 Å². The molecule has 5 nitrogen and oxygen atoms in total. The molecule has 5 heteroatoms. The van der Waals surface area contributed by atoms with Gasteiger partial charge in [0.05, 0.1) is 0 Å². The third-order valence-corrected chi connectivity index (χ3v) is 5.52. The van der Waals surface area contributed by atoms with Crippen LogP contribution in [-0.2, 0) is 0 Å². The van der Waals surface area contributed by atoms with Crippen molar-refractivity contribution in [1.29, 1.82) is 0 Å². The van der Waals surface area contributed by atoms with Crippen LogP contribution in [-0.4, -0.2) is 35.5 Å². The Bertz CT molecular complexity index is 841. The van der Waals surface area contributed by atoms with Crippen molar-refractivity contribution < 1.29 is 4.79 Å². The van der Waals surface area contributed by atoms with E-state index in [0.717, 1.165) is 30.9 Å². The average Bonchev–Trinajstić information content (AvgIpc) is 3.30. The van der Waals surface area contributed by atoms with E-state index in [9.17, 15) is 4.79 Å². The Balaban J connectivity index is 1.52. The molecule has 0 spiro atoms. The molecule has 4 rings (SSSR count). The molecule has 1 aliphatic heterocycles. The maximum absolute atomic E-state index is 12.8. The molecule has 28 heavy (non-hydrogen) atoms. The lowest BCUT2D eigenvalue weighted by Crippen LogP contribution is -2.27. The molecule has 2 aliphatic rings. The second-order valence-corrected chi connectivity index (χ2v) is 7.61. The molecule has 0 atom stereocenters. The van der Waals surface area contributed by atoms with Crippen molar-refractivity contribution in [2.75, 3.05) is 24.5 Å². The zero-order valence-electron chi connectivity index (χ0n) is 16.4. The van der Waals surface area contributed by atoms with Gasteiger partial charge in [-0.25, -0.2) is 9.97 Å². The van der Waals surface area contributed by atoms with Crippen LogP contribution in [0.5, 0.6) is 0 Å². The lowest BCUT2D eigenvalue weighted by Gasteiger charge is -2.18. The third kappa shape index (κ3) is 4.58. The van der Waals surface area contributed by atoms with E-state index in [1.165, 1.54) is 44.1 Å². The third-order valence-electron chi connectivity index (χ3n) is 5.52. The molecule has 2 aromatic rings. The summed E-state index contributed by atoms with van der Waals surface area (Å²) in [5.74, 6) is 1.35. The van der Waals surface area contributed by atoms with Crippen molar-refractivity contribution in [3.05, 3.63) is 53.7 Å². The molecular weight excluding hydrogens is 348 g/mol. The SMILES string of the molecule is O=C(NCCC1=CCCCC1)c1cc(N2CCCC2)nc(-c2ccccc2)n1. The zero-order valence-corrected chi connectivity index (χ0v) is 16.4. The highest BCUT2D eigenvalue weighted by Gasteiger charge is 2.19. The van der Waals surface area contributed by atoms with E-state index in [-0.39, 0.29) is 5.91 Å². The molecule has 2 heterocycles. The quantitative estimate of drug-likeness (QED) is 0.761. The van der Waals surface area contributed by atoms with Crippen molar-refractivity contribution >= 4 is 11.7 Å². The van der Waals surface area contributed by atoms with Crippen LogP contribution < -0.4 is 10.2 Å². The summed E-state index contributed by atoms with van der Waals surface area (Å²) in [6, 6.07) is 11.7.